The highest BCUT2D eigenvalue weighted by molar-refractivity contribution is 7.15. The van der Waals surface area contributed by atoms with E-state index in [1.807, 2.05) is 0 Å². The first kappa shape index (κ1) is 6.29. The van der Waals surface area contributed by atoms with E-state index in [2.05, 4.69) is 15.0 Å². The van der Waals surface area contributed by atoms with Crippen LogP contribution in [-0.2, 0) is 0 Å². The molecule has 2 N–H and O–H groups in total. The Morgan fingerprint density at radius 1 is 1.36 bits per heavy atom. The molecule has 0 aliphatic carbocycles. The van der Waals surface area contributed by atoms with Gasteiger partial charge in [-0.05, 0) is 0 Å². The van der Waals surface area contributed by atoms with Crippen molar-refractivity contribution >= 4 is 21.7 Å². The van der Waals surface area contributed by atoms with Crippen molar-refractivity contribution in [3.8, 4) is 0 Å². The summed E-state index contributed by atoms with van der Waals surface area (Å²) in [5.74, 6) is 0. The minimum atomic E-state index is -0.437. The number of fused-ring (bicyclic) bond motifs is 1. The van der Waals surface area contributed by atoms with Gasteiger partial charge in [0.1, 0.15) is 4.83 Å². The van der Waals surface area contributed by atoms with E-state index in [-0.39, 0.29) is 4.87 Å². The van der Waals surface area contributed by atoms with Crippen LogP contribution in [-0.4, -0.2) is 15.0 Å². The molecule has 2 aromatic heterocycles. The normalized spacial score (nSPS) is 10.5. The monoisotopic (exact) mass is 169 g/mol. The molecule has 0 aromatic carbocycles. The average Bonchev–Trinajstić information content (AvgIpc) is 2.27. The van der Waals surface area contributed by atoms with Crippen molar-refractivity contribution in [2.75, 3.05) is 0 Å². The van der Waals surface area contributed by atoms with Crippen LogP contribution in [0, 0.1) is 0 Å². The maximum absolute atomic E-state index is 10.7. The summed E-state index contributed by atoms with van der Waals surface area (Å²) in [6, 6.07) is 0. The van der Waals surface area contributed by atoms with Gasteiger partial charge in [0.2, 0.25) is 0 Å². The number of H-pyrrole nitrogens is 2. The van der Waals surface area contributed by atoms with E-state index in [1.165, 1.54) is 6.20 Å². The fourth-order valence-electron chi connectivity index (χ4n) is 0.776. The minimum Gasteiger partial charge on any atom is -0.310 e. The van der Waals surface area contributed by atoms with E-state index < -0.39 is 5.69 Å². The molecule has 2 heterocycles. The van der Waals surface area contributed by atoms with Gasteiger partial charge in [-0.3, -0.25) is 9.78 Å². The van der Waals surface area contributed by atoms with Crippen molar-refractivity contribution in [1.29, 1.82) is 0 Å². The van der Waals surface area contributed by atoms with Crippen molar-refractivity contribution in [2.45, 2.75) is 0 Å². The Hall–Kier alpha value is -1.43. The third-order valence-electron chi connectivity index (χ3n) is 1.21. The zero-order valence-corrected chi connectivity index (χ0v) is 6.07. The topological polar surface area (TPSA) is 78.6 Å². The maximum Gasteiger partial charge on any atom is 0.346 e. The summed E-state index contributed by atoms with van der Waals surface area (Å²) in [4.78, 5) is 30.1. The SMILES string of the molecule is O=c1ncc2[nH]c(=O)sc2[nH]1. The molecule has 5 nitrogen and oxygen atoms in total. The van der Waals surface area contributed by atoms with E-state index in [1.54, 1.807) is 0 Å². The number of aromatic amines is 2. The molecule has 56 valence electrons. The van der Waals surface area contributed by atoms with Gasteiger partial charge in [-0.25, -0.2) is 4.79 Å². The van der Waals surface area contributed by atoms with Crippen LogP contribution in [0.15, 0.2) is 15.8 Å². The Bertz CT molecular complexity index is 492. The summed E-state index contributed by atoms with van der Waals surface area (Å²) < 4.78 is 0. The first-order chi connectivity index (χ1) is 5.25. The Balaban J connectivity index is 3.03. The molecule has 0 saturated heterocycles. The first-order valence-corrected chi connectivity index (χ1v) is 3.65. The number of aromatic nitrogens is 3. The zero-order chi connectivity index (χ0) is 7.84. The van der Waals surface area contributed by atoms with Crippen LogP contribution < -0.4 is 10.6 Å². The molecule has 6 heteroatoms. The molecule has 0 saturated carbocycles. The third-order valence-corrected chi connectivity index (χ3v) is 2.02. The van der Waals surface area contributed by atoms with Crippen LogP contribution in [0.1, 0.15) is 0 Å². The molecule has 0 bridgehead atoms. The van der Waals surface area contributed by atoms with Crippen LogP contribution in [0.4, 0.5) is 0 Å². The average molecular weight is 169 g/mol. The van der Waals surface area contributed by atoms with Crippen molar-refractivity contribution in [1.82, 2.24) is 15.0 Å². The highest BCUT2D eigenvalue weighted by atomic mass is 32.1. The second-order valence-corrected chi connectivity index (χ2v) is 2.93. The van der Waals surface area contributed by atoms with Gasteiger partial charge < -0.3 is 4.98 Å². The molecule has 0 unspecified atom stereocenters. The Morgan fingerprint density at radius 2 is 2.18 bits per heavy atom. The lowest BCUT2D eigenvalue weighted by Crippen LogP contribution is -2.07. The van der Waals surface area contributed by atoms with E-state index in [0.29, 0.717) is 10.3 Å². The maximum atomic E-state index is 10.7. The van der Waals surface area contributed by atoms with Gasteiger partial charge in [-0.1, -0.05) is 11.3 Å². The van der Waals surface area contributed by atoms with Crippen LogP contribution in [0.2, 0.25) is 0 Å². The molecular weight excluding hydrogens is 166 g/mol. The number of hydrogen-bond donors (Lipinski definition) is 2. The Morgan fingerprint density at radius 3 is 3.00 bits per heavy atom. The van der Waals surface area contributed by atoms with Crippen LogP contribution >= 0.6 is 11.3 Å². The van der Waals surface area contributed by atoms with Gasteiger partial charge in [0.15, 0.2) is 0 Å². The predicted octanol–water partition coefficient (Wildman–Crippen LogP) is -0.327. The summed E-state index contributed by atoms with van der Waals surface area (Å²) in [5, 5.41) is 0. The summed E-state index contributed by atoms with van der Waals surface area (Å²) >= 11 is 0.960. The summed E-state index contributed by atoms with van der Waals surface area (Å²) in [6.07, 6.45) is 1.34. The van der Waals surface area contributed by atoms with E-state index in [0.717, 1.165) is 11.3 Å². The molecule has 0 radical (unpaired) electrons. The van der Waals surface area contributed by atoms with Crippen molar-refractivity contribution < 1.29 is 0 Å². The van der Waals surface area contributed by atoms with Crippen molar-refractivity contribution in [2.24, 2.45) is 0 Å². The molecule has 0 atom stereocenters. The first-order valence-electron chi connectivity index (χ1n) is 2.84. The summed E-state index contributed by atoms with van der Waals surface area (Å²) in [7, 11) is 0. The number of thiazole rings is 1. The lowest BCUT2D eigenvalue weighted by molar-refractivity contribution is 1.12. The lowest BCUT2D eigenvalue weighted by atomic mass is 10.6. The fraction of sp³-hybridized carbons (Fsp3) is 0. The third kappa shape index (κ3) is 0.966. The van der Waals surface area contributed by atoms with Crippen molar-refractivity contribution in [3.05, 3.63) is 26.3 Å². The van der Waals surface area contributed by atoms with Crippen molar-refractivity contribution in [3.63, 3.8) is 0 Å². The molecule has 11 heavy (non-hydrogen) atoms. The van der Waals surface area contributed by atoms with Gasteiger partial charge in [0.05, 0.1) is 11.7 Å². The predicted molar refractivity (Wildman–Crippen MR) is 40.9 cm³/mol. The number of nitrogens with zero attached hydrogens (tertiary/aromatic N) is 1. The van der Waals surface area contributed by atoms with Crippen LogP contribution in [0.3, 0.4) is 0 Å². The van der Waals surface area contributed by atoms with Crippen LogP contribution in [0.5, 0.6) is 0 Å². The van der Waals surface area contributed by atoms with Gasteiger partial charge in [-0.15, -0.1) is 0 Å². The molecular formula is C5H3N3O2S. The second kappa shape index (κ2) is 2.03. The van der Waals surface area contributed by atoms with Gasteiger partial charge >= 0.3 is 10.6 Å². The Kier molecular flexibility index (Phi) is 1.16. The molecule has 2 rings (SSSR count). The van der Waals surface area contributed by atoms with Gasteiger partial charge in [0.25, 0.3) is 0 Å². The fourth-order valence-corrected chi connectivity index (χ4v) is 1.47. The smallest absolute Gasteiger partial charge is 0.310 e. The van der Waals surface area contributed by atoms with Gasteiger partial charge in [-0.2, -0.15) is 4.98 Å². The number of hydrogen-bond acceptors (Lipinski definition) is 4. The Labute approximate surface area is 63.7 Å². The zero-order valence-electron chi connectivity index (χ0n) is 5.25. The number of rotatable bonds is 0. The molecule has 0 aliphatic rings. The number of nitrogens with one attached hydrogen (secondary N) is 2. The molecule has 0 fully saturated rings. The summed E-state index contributed by atoms with van der Waals surface area (Å²) in [6.45, 7) is 0. The largest absolute Gasteiger partial charge is 0.346 e. The molecule has 0 amide bonds. The van der Waals surface area contributed by atoms with Crippen LogP contribution in [0.25, 0.3) is 10.3 Å². The lowest BCUT2D eigenvalue weighted by Gasteiger charge is -1.82. The quantitative estimate of drug-likeness (QED) is 0.567. The van der Waals surface area contributed by atoms with E-state index in [9.17, 15) is 9.59 Å². The van der Waals surface area contributed by atoms with E-state index >= 15 is 0 Å². The highest BCUT2D eigenvalue weighted by Gasteiger charge is 1.98. The minimum absolute atomic E-state index is 0.191. The summed E-state index contributed by atoms with van der Waals surface area (Å²) in [5.41, 5.74) is 0.132. The van der Waals surface area contributed by atoms with Gasteiger partial charge in [0, 0.05) is 0 Å². The van der Waals surface area contributed by atoms with E-state index in [4.69, 9.17) is 0 Å². The molecule has 2 aromatic rings. The molecule has 0 aliphatic heterocycles. The standard InChI is InChI=1S/C5H3N3O2S/c9-4-6-1-2-3(8-4)11-5(10)7-2/h1H,(H,7,10)(H,6,8,9). The highest BCUT2D eigenvalue weighted by Crippen LogP contribution is 2.05. The molecule has 0 spiro atoms. The second-order valence-electron chi connectivity index (χ2n) is 1.95.